The number of hydrogen-bond donors (Lipinski definition) is 0. The minimum absolute atomic E-state index is 0.0160. The van der Waals surface area contributed by atoms with Gasteiger partial charge in [-0.25, -0.2) is 0 Å². The Kier molecular flexibility index (Phi) is 4.14. The average Bonchev–Trinajstić information content (AvgIpc) is 2.20. The van der Waals surface area contributed by atoms with Crippen molar-refractivity contribution in [2.45, 2.75) is 6.61 Å². The van der Waals surface area contributed by atoms with E-state index in [1.807, 2.05) is 0 Å². The molecule has 0 fully saturated rings. The van der Waals surface area contributed by atoms with Gasteiger partial charge in [-0.1, -0.05) is 12.1 Å². The van der Waals surface area contributed by atoms with Crippen molar-refractivity contribution in [1.82, 2.24) is 0 Å². The van der Waals surface area contributed by atoms with Crippen LogP contribution in [-0.4, -0.2) is 18.8 Å². The lowest BCUT2D eigenvalue weighted by Crippen LogP contribution is -2.01. The molecule has 15 heavy (non-hydrogen) atoms. The smallest absolute Gasteiger partial charge is 0.305 e. The van der Waals surface area contributed by atoms with Crippen LogP contribution in [-0.2, 0) is 16.1 Å². The number of hydrogen-bond acceptors (Lipinski definition) is 4. The Morgan fingerprint density at radius 1 is 1.53 bits per heavy atom. The van der Waals surface area contributed by atoms with Gasteiger partial charge < -0.3 is 9.47 Å². The topological polar surface area (TPSA) is 61.6 Å². The second-order valence-electron chi connectivity index (χ2n) is 2.76. The van der Waals surface area contributed by atoms with E-state index in [-0.39, 0.29) is 19.0 Å². The van der Waals surface area contributed by atoms with Gasteiger partial charge in [0.15, 0.2) is 0 Å². The zero-order chi connectivity index (χ0) is 11.3. The molecule has 6 heteroatoms. The summed E-state index contributed by atoms with van der Waals surface area (Å²) in [6, 6.07) is 3.94. The molecule has 82 valence electrons. The minimum atomic E-state index is -0.862. The van der Waals surface area contributed by atoms with Crippen molar-refractivity contribution >= 4 is 5.69 Å². The molecule has 1 aromatic rings. The molecule has 0 aliphatic heterocycles. The first kappa shape index (κ1) is 11.5. The molecule has 0 radical (unpaired) electrons. The minimum Gasteiger partial charge on any atom is -0.359 e. The van der Waals surface area contributed by atoms with Crippen molar-refractivity contribution in [3.63, 3.8) is 0 Å². The van der Waals surface area contributed by atoms with E-state index in [9.17, 15) is 14.5 Å². The van der Waals surface area contributed by atoms with E-state index in [2.05, 4.69) is 4.74 Å². The van der Waals surface area contributed by atoms with Crippen LogP contribution >= 0.6 is 0 Å². The number of halogens is 1. The van der Waals surface area contributed by atoms with Crippen molar-refractivity contribution in [1.29, 1.82) is 0 Å². The first-order valence-corrected chi connectivity index (χ1v) is 4.15. The van der Waals surface area contributed by atoms with Crippen molar-refractivity contribution in [2.24, 2.45) is 0 Å². The molecule has 5 nitrogen and oxygen atoms in total. The summed E-state index contributed by atoms with van der Waals surface area (Å²) in [6.07, 6.45) is 0. The third-order valence-electron chi connectivity index (χ3n) is 1.71. The number of nitro benzene ring substituents is 1. The largest absolute Gasteiger partial charge is 0.359 e. The zero-order valence-corrected chi connectivity index (χ0v) is 8.10. The van der Waals surface area contributed by atoms with Gasteiger partial charge in [0, 0.05) is 18.7 Å². The molecule has 0 bridgehead atoms. The van der Waals surface area contributed by atoms with E-state index in [4.69, 9.17) is 4.74 Å². The highest BCUT2D eigenvalue weighted by atomic mass is 19.1. The van der Waals surface area contributed by atoms with Gasteiger partial charge in [-0.15, -0.1) is 0 Å². The Balaban J connectivity index is 2.80. The SMILES string of the molecule is COCOCc1cccc([N+](=O)[O-])c1F. The molecule has 0 saturated carbocycles. The lowest BCUT2D eigenvalue weighted by molar-refractivity contribution is -0.387. The Morgan fingerprint density at radius 2 is 2.27 bits per heavy atom. The summed E-state index contributed by atoms with van der Waals surface area (Å²) in [5, 5.41) is 10.4. The van der Waals surface area contributed by atoms with Crippen LogP contribution in [0, 0.1) is 15.9 Å². The van der Waals surface area contributed by atoms with Crippen molar-refractivity contribution in [3.8, 4) is 0 Å². The average molecular weight is 215 g/mol. The lowest BCUT2D eigenvalue weighted by Gasteiger charge is -2.04. The first-order chi connectivity index (χ1) is 7.16. The maximum absolute atomic E-state index is 13.4. The van der Waals surface area contributed by atoms with Crippen molar-refractivity contribution < 1.29 is 18.8 Å². The highest BCUT2D eigenvalue weighted by Crippen LogP contribution is 2.20. The predicted molar refractivity (Wildman–Crippen MR) is 49.7 cm³/mol. The number of nitrogens with zero attached hydrogens (tertiary/aromatic N) is 1. The van der Waals surface area contributed by atoms with E-state index in [0.717, 1.165) is 6.07 Å². The normalized spacial score (nSPS) is 10.3. The second kappa shape index (κ2) is 5.38. The van der Waals surface area contributed by atoms with E-state index in [1.165, 1.54) is 19.2 Å². The molecule has 1 aromatic carbocycles. The number of rotatable bonds is 5. The summed E-state index contributed by atoms with van der Waals surface area (Å²) < 4.78 is 22.9. The molecule has 0 N–H and O–H groups in total. The molecule has 0 atom stereocenters. The summed E-state index contributed by atoms with van der Waals surface area (Å²) in [5.74, 6) is -0.862. The van der Waals surface area contributed by atoms with Crippen LogP contribution in [0.15, 0.2) is 18.2 Å². The molecule has 0 aromatic heterocycles. The van der Waals surface area contributed by atoms with Crippen LogP contribution in [0.2, 0.25) is 0 Å². The number of ether oxygens (including phenoxy) is 2. The van der Waals surface area contributed by atoms with Crippen LogP contribution in [0.3, 0.4) is 0 Å². The van der Waals surface area contributed by atoms with Gasteiger partial charge in [-0.3, -0.25) is 10.1 Å². The van der Waals surface area contributed by atoms with E-state index < -0.39 is 16.4 Å². The fourth-order valence-corrected chi connectivity index (χ4v) is 1.05. The molecule has 0 amide bonds. The number of methoxy groups -OCH3 is 1. The predicted octanol–water partition coefficient (Wildman–Crippen LogP) is 1.85. The molecule has 0 heterocycles. The maximum Gasteiger partial charge on any atom is 0.305 e. The fourth-order valence-electron chi connectivity index (χ4n) is 1.05. The molecule has 0 spiro atoms. The van der Waals surface area contributed by atoms with Crippen molar-refractivity contribution in [2.75, 3.05) is 13.9 Å². The molecule has 0 unspecified atom stereocenters. The Morgan fingerprint density at radius 3 is 2.87 bits per heavy atom. The molecule has 1 rings (SSSR count). The standard InChI is InChI=1S/C9H10FNO4/c1-14-6-15-5-7-3-2-4-8(9(7)10)11(12)13/h2-4H,5-6H2,1H3. The summed E-state index contributed by atoms with van der Waals surface area (Å²) >= 11 is 0. The zero-order valence-electron chi connectivity index (χ0n) is 8.10. The Labute approximate surface area is 85.6 Å². The van der Waals surface area contributed by atoms with Gasteiger partial charge in [-0.05, 0) is 0 Å². The van der Waals surface area contributed by atoms with Gasteiger partial charge >= 0.3 is 5.69 Å². The summed E-state index contributed by atoms with van der Waals surface area (Å²) in [5.41, 5.74) is -0.408. The van der Waals surface area contributed by atoms with Crippen molar-refractivity contribution in [3.05, 3.63) is 39.7 Å². The second-order valence-corrected chi connectivity index (χ2v) is 2.76. The number of nitro groups is 1. The maximum atomic E-state index is 13.4. The highest BCUT2D eigenvalue weighted by molar-refractivity contribution is 5.36. The highest BCUT2D eigenvalue weighted by Gasteiger charge is 2.16. The Hall–Kier alpha value is -1.53. The summed E-state index contributed by atoms with van der Waals surface area (Å²) in [4.78, 5) is 9.64. The van der Waals surface area contributed by atoms with Crippen LogP contribution < -0.4 is 0 Å². The van der Waals surface area contributed by atoms with Gasteiger partial charge in [0.1, 0.15) is 6.79 Å². The van der Waals surface area contributed by atoms with Crippen LogP contribution in [0.4, 0.5) is 10.1 Å². The van der Waals surface area contributed by atoms with E-state index in [1.54, 1.807) is 0 Å². The lowest BCUT2D eigenvalue weighted by atomic mass is 10.2. The summed E-state index contributed by atoms with van der Waals surface area (Å²) in [7, 11) is 1.43. The molecule has 0 aliphatic carbocycles. The van der Waals surface area contributed by atoms with Gasteiger partial charge in [-0.2, -0.15) is 4.39 Å². The van der Waals surface area contributed by atoms with Crippen LogP contribution in [0.5, 0.6) is 0 Å². The molecule has 0 saturated heterocycles. The molecular weight excluding hydrogens is 205 g/mol. The van der Waals surface area contributed by atoms with Crippen LogP contribution in [0.25, 0.3) is 0 Å². The Bertz CT molecular complexity index is 356. The fraction of sp³-hybridized carbons (Fsp3) is 0.333. The monoisotopic (exact) mass is 215 g/mol. The molecular formula is C9H10FNO4. The van der Waals surface area contributed by atoms with Gasteiger partial charge in [0.2, 0.25) is 5.82 Å². The first-order valence-electron chi connectivity index (χ1n) is 4.15. The third-order valence-corrected chi connectivity index (χ3v) is 1.71. The molecule has 0 aliphatic rings. The van der Waals surface area contributed by atoms with Gasteiger partial charge in [0.25, 0.3) is 0 Å². The van der Waals surface area contributed by atoms with E-state index in [0.29, 0.717) is 0 Å². The van der Waals surface area contributed by atoms with E-state index >= 15 is 0 Å². The third kappa shape index (κ3) is 2.97. The quantitative estimate of drug-likeness (QED) is 0.325. The number of benzene rings is 1. The van der Waals surface area contributed by atoms with Crippen LogP contribution in [0.1, 0.15) is 5.56 Å². The summed E-state index contributed by atoms with van der Waals surface area (Å²) in [6.45, 7) is -0.0382. The van der Waals surface area contributed by atoms with Gasteiger partial charge in [0.05, 0.1) is 11.5 Å².